The molecule has 0 radical (unpaired) electrons. The molecule has 2 atom stereocenters. The fourth-order valence-electron chi connectivity index (χ4n) is 4.43. The van der Waals surface area contributed by atoms with Crippen molar-refractivity contribution in [2.24, 2.45) is 4.99 Å². The van der Waals surface area contributed by atoms with Gasteiger partial charge in [-0.25, -0.2) is 9.79 Å². The maximum Gasteiger partial charge on any atom is 0.338 e. The van der Waals surface area contributed by atoms with Crippen LogP contribution in [0.4, 0.5) is 0 Å². The largest absolute Gasteiger partial charge is 0.494 e. The zero-order chi connectivity index (χ0) is 24.7. The highest BCUT2D eigenvalue weighted by Crippen LogP contribution is 2.44. The highest BCUT2D eigenvalue weighted by atomic mass is 16.5. The van der Waals surface area contributed by atoms with Crippen molar-refractivity contribution in [1.82, 2.24) is 0 Å². The van der Waals surface area contributed by atoms with Crippen molar-refractivity contribution in [3.8, 4) is 5.75 Å². The molecule has 0 amide bonds. The molecule has 182 valence electrons. The number of hydrogen-bond acceptors (Lipinski definition) is 6. The third kappa shape index (κ3) is 5.23. The Morgan fingerprint density at radius 2 is 1.74 bits per heavy atom. The normalized spacial score (nSPS) is 19.1. The molecule has 0 saturated heterocycles. The van der Waals surface area contributed by atoms with Gasteiger partial charge in [-0.2, -0.15) is 0 Å². The number of esters is 1. The maximum absolute atomic E-state index is 13.5. The molecule has 0 spiro atoms. The van der Waals surface area contributed by atoms with E-state index in [9.17, 15) is 4.79 Å². The van der Waals surface area contributed by atoms with E-state index >= 15 is 0 Å². The fourth-order valence-corrected chi connectivity index (χ4v) is 4.43. The number of aliphatic hydroxyl groups excluding tert-OH is 1. The number of aliphatic imine (C=N–C) groups is 1. The van der Waals surface area contributed by atoms with E-state index in [-0.39, 0.29) is 6.61 Å². The molecule has 0 bridgehead atoms. The van der Waals surface area contributed by atoms with Crippen LogP contribution in [0.5, 0.6) is 5.75 Å². The third-order valence-electron chi connectivity index (χ3n) is 6.21. The molecule has 0 aromatic heterocycles. The van der Waals surface area contributed by atoms with Crippen LogP contribution in [0.1, 0.15) is 41.7 Å². The molecule has 4 rings (SSSR count). The summed E-state index contributed by atoms with van der Waals surface area (Å²) in [5.41, 5.74) is 2.48. The van der Waals surface area contributed by atoms with Crippen molar-refractivity contribution in [3.05, 3.63) is 101 Å². The number of hydrogen-bond donors (Lipinski definition) is 1. The molecule has 1 N–H and O–H groups in total. The lowest BCUT2D eigenvalue weighted by Crippen LogP contribution is -2.44. The van der Waals surface area contributed by atoms with Crippen LogP contribution >= 0.6 is 0 Å². The summed E-state index contributed by atoms with van der Waals surface area (Å²) < 4.78 is 17.5. The lowest BCUT2D eigenvalue weighted by atomic mass is 9.81. The molecule has 3 aromatic carbocycles. The van der Waals surface area contributed by atoms with Crippen molar-refractivity contribution in [2.45, 2.75) is 37.8 Å². The van der Waals surface area contributed by atoms with Crippen molar-refractivity contribution in [1.29, 1.82) is 0 Å². The van der Waals surface area contributed by atoms with E-state index < -0.39 is 17.6 Å². The Morgan fingerprint density at radius 1 is 1.03 bits per heavy atom. The number of carbonyl (C=O) groups is 1. The Labute approximate surface area is 206 Å². The van der Waals surface area contributed by atoms with Gasteiger partial charge in [0.15, 0.2) is 6.10 Å². The zero-order valence-corrected chi connectivity index (χ0v) is 20.1. The number of ether oxygens (including phenoxy) is 3. The van der Waals surface area contributed by atoms with Crippen LogP contribution in [0.3, 0.4) is 0 Å². The van der Waals surface area contributed by atoms with E-state index in [1.54, 1.807) is 0 Å². The van der Waals surface area contributed by atoms with Gasteiger partial charge in [0.2, 0.25) is 11.4 Å². The van der Waals surface area contributed by atoms with Crippen LogP contribution in [0.25, 0.3) is 0 Å². The molecular weight excluding hydrogens is 442 g/mol. The van der Waals surface area contributed by atoms with E-state index in [0.29, 0.717) is 31.1 Å². The summed E-state index contributed by atoms with van der Waals surface area (Å²) in [5.74, 6) is 0.651. The molecule has 1 heterocycles. The first-order chi connectivity index (χ1) is 17.1. The molecule has 0 saturated carbocycles. The van der Waals surface area contributed by atoms with E-state index in [1.807, 2.05) is 72.8 Å². The zero-order valence-electron chi connectivity index (χ0n) is 20.1. The molecule has 0 unspecified atom stereocenters. The number of benzene rings is 3. The Hall–Kier alpha value is -3.64. The van der Waals surface area contributed by atoms with Gasteiger partial charge in [0, 0.05) is 25.0 Å². The van der Waals surface area contributed by atoms with E-state index in [4.69, 9.17) is 24.3 Å². The first kappa shape index (κ1) is 24.5. The quantitative estimate of drug-likeness (QED) is 0.342. The number of methoxy groups -OCH3 is 1. The van der Waals surface area contributed by atoms with Gasteiger partial charge in [-0.3, -0.25) is 0 Å². The standard InChI is InChI=1S/C29H31NO5/c1-3-22-12-7-8-13-25(22)26-29(28(32)33-2,20-21-10-5-4-6-11-21)30-27(35-26)23-14-16-24(17-15-23)34-19-9-18-31/h4-8,10-17,26,31H,3,9,18-20H2,1-2H3/t26-,29-/m0/s1. The predicted molar refractivity (Wildman–Crippen MR) is 135 cm³/mol. The van der Waals surface area contributed by atoms with Gasteiger partial charge in [0.1, 0.15) is 5.75 Å². The summed E-state index contributed by atoms with van der Waals surface area (Å²) in [5, 5.41) is 8.96. The summed E-state index contributed by atoms with van der Waals surface area (Å²) in [4.78, 5) is 18.4. The van der Waals surface area contributed by atoms with Crippen LogP contribution in [0, 0.1) is 0 Å². The first-order valence-corrected chi connectivity index (χ1v) is 11.9. The Morgan fingerprint density at radius 3 is 2.43 bits per heavy atom. The van der Waals surface area contributed by atoms with Gasteiger partial charge in [-0.05, 0) is 47.4 Å². The summed E-state index contributed by atoms with van der Waals surface area (Å²) in [7, 11) is 1.39. The van der Waals surface area contributed by atoms with Crippen LogP contribution in [0.2, 0.25) is 0 Å². The lowest BCUT2D eigenvalue weighted by Gasteiger charge is -2.30. The monoisotopic (exact) mass is 473 g/mol. The van der Waals surface area contributed by atoms with Crippen molar-refractivity contribution in [2.75, 3.05) is 20.3 Å². The lowest BCUT2D eigenvalue weighted by molar-refractivity contribution is -0.150. The van der Waals surface area contributed by atoms with Crippen molar-refractivity contribution >= 4 is 11.9 Å². The summed E-state index contributed by atoms with van der Waals surface area (Å²) in [6, 6.07) is 25.2. The van der Waals surface area contributed by atoms with Gasteiger partial charge in [0.05, 0.1) is 13.7 Å². The average molecular weight is 474 g/mol. The van der Waals surface area contributed by atoms with E-state index in [1.165, 1.54) is 7.11 Å². The van der Waals surface area contributed by atoms with Crippen LogP contribution < -0.4 is 4.74 Å². The van der Waals surface area contributed by atoms with Crippen LogP contribution in [-0.4, -0.2) is 42.8 Å². The highest BCUT2D eigenvalue weighted by molar-refractivity contribution is 6.00. The molecule has 0 aliphatic carbocycles. The number of nitrogens with zero attached hydrogens (tertiary/aromatic N) is 1. The Kier molecular flexibility index (Phi) is 7.83. The van der Waals surface area contributed by atoms with Gasteiger partial charge < -0.3 is 19.3 Å². The summed E-state index contributed by atoms with van der Waals surface area (Å²) >= 11 is 0. The van der Waals surface area contributed by atoms with Gasteiger partial charge >= 0.3 is 5.97 Å². The predicted octanol–water partition coefficient (Wildman–Crippen LogP) is 4.68. The first-order valence-electron chi connectivity index (χ1n) is 11.9. The SMILES string of the molecule is CCc1ccccc1[C@@H]1OC(c2ccc(OCCCO)cc2)=N[C@]1(Cc1ccccc1)C(=O)OC. The number of rotatable bonds is 10. The molecular formula is C29H31NO5. The third-order valence-corrected chi connectivity index (χ3v) is 6.21. The number of aryl methyl sites for hydroxylation is 1. The Balaban J connectivity index is 1.77. The summed E-state index contributed by atoms with van der Waals surface area (Å²) in [6.45, 7) is 2.61. The Bertz CT molecular complexity index is 1160. The molecule has 3 aromatic rings. The molecule has 1 aliphatic heterocycles. The fraction of sp³-hybridized carbons (Fsp3) is 0.310. The summed E-state index contributed by atoms with van der Waals surface area (Å²) in [6.07, 6.45) is 1.07. The molecule has 6 nitrogen and oxygen atoms in total. The minimum absolute atomic E-state index is 0.0837. The van der Waals surface area contributed by atoms with Gasteiger partial charge in [-0.15, -0.1) is 0 Å². The number of carbonyl (C=O) groups excluding carboxylic acids is 1. The van der Waals surface area contributed by atoms with E-state index in [0.717, 1.165) is 28.7 Å². The topological polar surface area (TPSA) is 77.4 Å². The van der Waals surface area contributed by atoms with Crippen LogP contribution in [-0.2, 0) is 27.1 Å². The smallest absolute Gasteiger partial charge is 0.338 e. The minimum atomic E-state index is -1.27. The maximum atomic E-state index is 13.5. The van der Waals surface area contributed by atoms with Gasteiger partial charge in [0.25, 0.3) is 0 Å². The second-order valence-electron chi connectivity index (χ2n) is 8.50. The minimum Gasteiger partial charge on any atom is -0.494 e. The molecule has 0 fully saturated rings. The van der Waals surface area contributed by atoms with Crippen molar-refractivity contribution < 1.29 is 24.1 Å². The second kappa shape index (κ2) is 11.2. The molecule has 35 heavy (non-hydrogen) atoms. The number of aliphatic hydroxyl groups is 1. The average Bonchev–Trinajstić information content (AvgIpc) is 3.29. The molecule has 1 aliphatic rings. The molecule has 6 heteroatoms. The van der Waals surface area contributed by atoms with E-state index in [2.05, 4.69) is 13.0 Å². The van der Waals surface area contributed by atoms with Crippen molar-refractivity contribution in [3.63, 3.8) is 0 Å². The van der Waals surface area contributed by atoms with Crippen LogP contribution in [0.15, 0.2) is 83.9 Å². The highest BCUT2D eigenvalue weighted by Gasteiger charge is 2.54. The second-order valence-corrected chi connectivity index (χ2v) is 8.50. The van der Waals surface area contributed by atoms with Gasteiger partial charge in [-0.1, -0.05) is 61.5 Å².